The average Bonchev–Trinajstić information content (AvgIpc) is 3.33. The van der Waals surface area contributed by atoms with Crippen molar-refractivity contribution in [1.82, 2.24) is 0 Å². The quantitative estimate of drug-likeness (QED) is 0.276. The van der Waals surface area contributed by atoms with Crippen LogP contribution in [0.4, 0.5) is 11.4 Å². The van der Waals surface area contributed by atoms with Gasteiger partial charge in [-0.05, 0) is 88.3 Å². The summed E-state index contributed by atoms with van der Waals surface area (Å²) in [6.45, 7) is 6.34. The van der Waals surface area contributed by atoms with E-state index in [-0.39, 0.29) is 0 Å². The van der Waals surface area contributed by atoms with E-state index in [2.05, 4.69) is 94.4 Å². The van der Waals surface area contributed by atoms with Crippen LogP contribution >= 0.6 is 15.9 Å². The zero-order valence-electron chi connectivity index (χ0n) is 18.7. The molecule has 0 bridgehead atoms. The first kappa shape index (κ1) is 21.7. The molecule has 5 rings (SSSR count). The molecule has 33 heavy (non-hydrogen) atoms. The Hall–Kier alpha value is -3.11. The van der Waals surface area contributed by atoms with Gasteiger partial charge in [0.25, 0.3) is 0 Å². The molecule has 1 aliphatic carbocycles. The Morgan fingerprint density at radius 2 is 1.97 bits per heavy atom. The molecular weight excluding hydrogens is 472 g/mol. The van der Waals surface area contributed by atoms with Gasteiger partial charge in [0.15, 0.2) is 0 Å². The monoisotopic (exact) mass is 498 g/mol. The molecule has 166 valence electrons. The van der Waals surface area contributed by atoms with Crippen molar-refractivity contribution in [3.8, 4) is 5.75 Å². The van der Waals surface area contributed by atoms with E-state index in [4.69, 9.17) is 4.74 Å². The van der Waals surface area contributed by atoms with Gasteiger partial charge in [-0.3, -0.25) is 4.99 Å². The predicted octanol–water partition coefficient (Wildman–Crippen LogP) is 7.90. The van der Waals surface area contributed by atoms with Crippen molar-refractivity contribution in [2.75, 3.05) is 11.9 Å². The van der Waals surface area contributed by atoms with Crippen molar-refractivity contribution in [2.24, 2.45) is 10.9 Å². The number of hydrogen-bond donors (Lipinski definition) is 1. The van der Waals surface area contributed by atoms with Gasteiger partial charge < -0.3 is 10.1 Å². The topological polar surface area (TPSA) is 33.6 Å². The van der Waals surface area contributed by atoms with E-state index in [1.807, 2.05) is 24.4 Å². The molecule has 0 saturated heterocycles. The van der Waals surface area contributed by atoms with E-state index in [1.165, 1.54) is 22.4 Å². The van der Waals surface area contributed by atoms with Crippen molar-refractivity contribution in [2.45, 2.75) is 25.3 Å². The van der Waals surface area contributed by atoms with Crippen LogP contribution in [0.15, 0.2) is 94.9 Å². The highest BCUT2D eigenvalue weighted by atomic mass is 79.9. The van der Waals surface area contributed by atoms with Crippen LogP contribution in [0, 0.1) is 12.8 Å². The van der Waals surface area contributed by atoms with Gasteiger partial charge in [0, 0.05) is 17.8 Å². The highest BCUT2D eigenvalue weighted by Crippen LogP contribution is 2.50. The number of aliphatic imine (C=N–C) groups is 1. The number of fused-ring (bicyclic) bond motifs is 3. The minimum Gasteiger partial charge on any atom is -0.488 e. The highest BCUT2D eigenvalue weighted by Gasteiger charge is 2.37. The minimum atomic E-state index is 0.303. The number of nitrogens with zero attached hydrogens (tertiary/aromatic N) is 1. The van der Waals surface area contributed by atoms with Crippen LogP contribution in [0.3, 0.4) is 0 Å². The fraction of sp³-hybridized carbons (Fsp3) is 0.207. The van der Waals surface area contributed by atoms with Gasteiger partial charge in [0.05, 0.1) is 16.2 Å². The lowest BCUT2D eigenvalue weighted by atomic mass is 9.76. The maximum atomic E-state index is 5.61. The van der Waals surface area contributed by atoms with E-state index < -0.39 is 0 Å². The minimum absolute atomic E-state index is 0.303. The number of aryl methyl sites for hydroxylation is 1. The molecule has 0 radical (unpaired) electrons. The summed E-state index contributed by atoms with van der Waals surface area (Å²) < 4.78 is 6.52. The molecule has 3 atom stereocenters. The van der Waals surface area contributed by atoms with E-state index in [1.54, 1.807) is 6.08 Å². The molecule has 0 spiro atoms. The molecule has 0 saturated carbocycles. The molecule has 0 unspecified atom stereocenters. The third kappa shape index (κ3) is 4.53. The largest absolute Gasteiger partial charge is 0.488 e. The first-order valence-corrected chi connectivity index (χ1v) is 12.1. The number of rotatable bonds is 6. The maximum absolute atomic E-state index is 5.61. The van der Waals surface area contributed by atoms with Crippen LogP contribution in [-0.4, -0.2) is 12.8 Å². The third-order valence-electron chi connectivity index (χ3n) is 6.45. The van der Waals surface area contributed by atoms with Crippen LogP contribution < -0.4 is 10.1 Å². The maximum Gasteiger partial charge on any atom is 0.133 e. The van der Waals surface area contributed by atoms with Gasteiger partial charge in [-0.2, -0.15) is 0 Å². The van der Waals surface area contributed by atoms with E-state index in [9.17, 15) is 0 Å². The van der Waals surface area contributed by atoms with Crippen molar-refractivity contribution in [1.29, 1.82) is 0 Å². The standard InChI is InChI=1S/C29H27BrN2O/c1-3-15-33-28-14-8-20(17-26(28)30)18-31-22-11-9-21(10-12-22)29-24-6-4-5-23(24)25-16-19(2)7-13-27(25)32-29/h3-5,7-14,16-18,23-24,29,32H,1,6,15H2,2H3/t23-,24-,29+/m1/s1. The smallest absolute Gasteiger partial charge is 0.133 e. The van der Waals surface area contributed by atoms with E-state index in [0.29, 0.717) is 24.5 Å². The molecule has 3 aromatic rings. The Bertz CT molecular complexity index is 1230. The molecule has 4 heteroatoms. The van der Waals surface area contributed by atoms with Gasteiger partial charge in [-0.15, -0.1) is 0 Å². The second kappa shape index (κ2) is 9.40. The van der Waals surface area contributed by atoms with Crippen LogP contribution in [0.2, 0.25) is 0 Å². The number of ether oxygens (including phenoxy) is 1. The number of anilines is 1. The molecule has 0 fully saturated rings. The molecule has 3 nitrogen and oxygen atoms in total. The molecule has 1 heterocycles. The highest BCUT2D eigenvalue weighted by molar-refractivity contribution is 9.10. The third-order valence-corrected chi connectivity index (χ3v) is 7.07. The summed E-state index contributed by atoms with van der Waals surface area (Å²) in [5.74, 6) is 1.83. The molecule has 1 N–H and O–H groups in total. The van der Waals surface area contributed by atoms with Gasteiger partial charge in [0.1, 0.15) is 12.4 Å². The first-order valence-electron chi connectivity index (χ1n) is 11.3. The number of halogens is 1. The fourth-order valence-corrected chi connectivity index (χ4v) is 5.33. The summed E-state index contributed by atoms with van der Waals surface area (Å²) in [6, 6.07) is 21.6. The Morgan fingerprint density at radius 3 is 2.76 bits per heavy atom. The van der Waals surface area contributed by atoms with Gasteiger partial charge in [0.2, 0.25) is 0 Å². The number of benzene rings is 3. The molecule has 0 aromatic heterocycles. The van der Waals surface area contributed by atoms with Gasteiger partial charge in [-0.1, -0.05) is 54.6 Å². The molecule has 3 aromatic carbocycles. The zero-order valence-corrected chi connectivity index (χ0v) is 20.3. The summed E-state index contributed by atoms with van der Waals surface area (Å²) in [7, 11) is 0. The SMILES string of the molecule is C=CCOc1ccc(C=Nc2ccc([C@@H]3Nc4ccc(C)cc4[C@@H]4C=CC[C@H]43)cc2)cc1Br. The fourth-order valence-electron chi connectivity index (χ4n) is 4.82. The summed E-state index contributed by atoms with van der Waals surface area (Å²) in [5.41, 5.74) is 7.27. The summed E-state index contributed by atoms with van der Waals surface area (Å²) in [4.78, 5) is 4.67. The van der Waals surface area contributed by atoms with Gasteiger partial charge >= 0.3 is 0 Å². The second-order valence-corrected chi connectivity index (χ2v) is 9.56. The molecule has 2 aliphatic rings. The first-order chi connectivity index (χ1) is 16.1. The van der Waals surface area contributed by atoms with Crippen LogP contribution in [-0.2, 0) is 0 Å². The Morgan fingerprint density at radius 1 is 1.12 bits per heavy atom. The lowest BCUT2D eigenvalue weighted by Crippen LogP contribution is -2.29. The van der Waals surface area contributed by atoms with Crippen molar-refractivity contribution < 1.29 is 4.74 Å². The zero-order chi connectivity index (χ0) is 22.8. The number of allylic oxidation sites excluding steroid dienone is 2. The second-order valence-electron chi connectivity index (χ2n) is 8.71. The Kier molecular flexibility index (Phi) is 6.19. The van der Waals surface area contributed by atoms with Crippen molar-refractivity contribution in [3.05, 3.63) is 112 Å². The number of hydrogen-bond acceptors (Lipinski definition) is 3. The van der Waals surface area contributed by atoms with Crippen LogP contribution in [0.5, 0.6) is 5.75 Å². The lowest BCUT2D eigenvalue weighted by Gasteiger charge is -2.37. The lowest BCUT2D eigenvalue weighted by molar-refractivity contribution is 0.361. The summed E-state index contributed by atoms with van der Waals surface area (Å²) in [6.07, 6.45) is 9.45. The predicted molar refractivity (Wildman–Crippen MR) is 141 cm³/mol. The summed E-state index contributed by atoms with van der Waals surface area (Å²) >= 11 is 3.56. The summed E-state index contributed by atoms with van der Waals surface area (Å²) in [5, 5.41) is 3.81. The Labute approximate surface area is 204 Å². The Balaban J connectivity index is 1.32. The van der Waals surface area contributed by atoms with Gasteiger partial charge in [-0.25, -0.2) is 0 Å². The average molecular weight is 499 g/mol. The normalized spacial score (nSPS) is 20.8. The van der Waals surface area contributed by atoms with Crippen LogP contribution in [0.1, 0.15) is 40.6 Å². The molecular formula is C29H27BrN2O. The van der Waals surface area contributed by atoms with Crippen LogP contribution in [0.25, 0.3) is 0 Å². The molecule has 0 amide bonds. The van der Waals surface area contributed by atoms with E-state index in [0.717, 1.165) is 27.9 Å². The molecule has 1 aliphatic heterocycles. The van der Waals surface area contributed by atoms with Crippen molar-refractivity contribution >= 4 is 33.5 Å². The van der Waals surface area contributed by atoms with E-state index >= 15 is 0 Å². The number of nitrogens with one attached hydrogen (secondary N) is 1. The van der Waals surface area contributed by atoms with Crippen molar-refractivity contribution in [3.63, 3.8) is 0 Å².